The third kappa shape index (κ3) is 3.59. The zero-order chi connectivity index (χ0) is 10.5. The molecule has 0 aliphatic carbocycles. The second kappa shape index (κ2) is 5.64. The van der Waals surface area contributed by atoms with Gasteiger partial charge in [0.1, 0.15) is 0 Å². The van der Waals surface area contributed by atoms with E-state index in [-0.39, 0.29) is 0 Å². The summed E-state index contributed by atoms with van der Waals surface area (Å²) in [7, 11) is 0. The zero-order valence-corrected chi connectivity index (χ0v) is 10.1. The Morgan fingerprint density at radius 1 is 1.53 bits per heavy atom. The number of nitrogens with one attached hydrogen (secondary N) is 2. The van der Waals surface area contributed by atoms with E-state index in [1.165, 1.54) is 31.5 Å². The first kappa shape index (κ1) is 11.1. The first-order valence-corrected chi connectivity index (χ1v) is 6.77. The van der Waals surface area contributed by atoms with Gasteiger partial charge < -0.3 is 10.6 Å². The van der Waals surface area contributed by atoms with Gasteiger partial charge in [0.25, 0.3) is 0 Å². The third-order valence-electron chi connectivity index (χ3n) is 2.98. The smallest absolute Gasteiger partial charge is 0.00938 e. The monoisotopic (exact) mass is 224 g/mol. The van der Waals surface area contributed by atoms with Gasteiger partial charge in [-0.25, -0.2) is 0 Å². The van der Waals surface area contributed by atoms with Crippen LogP contribution in [0.15, 0.2) is 16.8 Å². The lowest BCUT2D eigenvalue weighted by Crippen LogP contribution is -2.44. The molecule has 0 aromatic carbocycles. The number of piperidine rings is 1. The molecule has 2 rings (SSSR count). The van der Waals surface area contributed by atoms with Gasteiger partial charge >= 0.3 is 0 Å². The maximum atomic E-state index is 3.72. The van der Waals surface area contributed by atoms with Gasteiger partial charge in [0, 0.05) is 12.1 Å². The molecular weight excluding hydrogens is 204 g/mol. The second-order valence-corrected chi connectivity index (χ2v) is 5.21. The lowest BCUT2D eigenvalue weighted by atomic mass is 10.0. The van der Waals surface area contributed by atoms with E-state index in [2.05, 4.69) is 34.4 Å². The van der Waals surface area contributed by atoms with Crippen LogP contribution in [0.4, 0.5) is 0 Å². The molecule has 1 atom stereocenters. The molecule has 1 aliphatic heterocycles. The Bertz CT molecular complexity index is 265. The molecule has 1 aromatic heterocycles. The summed E-state index contributed by atoms with van der Waals surface area (Å²) in [4.78, 5) is 0. The van der Waals surface area contributed by atoms with Crippen molar-refractivity contribution < 1.29 is 0 Å². The van der Waals surface area contributed by atoms with Crippen LogP contribution in [0.2, 0.25) is 0 Å². The SMILES string of the molecule is CC(Cc1ccsc1)NC1CCNCC1. The van der Waals surface area contributed by atoms with Crippen LogP contribution in [0.1, 0.15) is 25.3 Å². The van der Waals surface area contributed by atoms with Crippen LogP contribution in [0.3, 0.4) is 0 Å². The van der Waals surface area contributed by atoms with E-state index in [1.54, 1.807) is 11.3 Å². The zero-order valence-electron chi connectivity index (χ0n) is 9.33. The molecule has 1 unspecified atom stereocenters. The number of thiophene rings is 1. The second-order valence-electron chi connectivity index (χ2n) is 4.43. The molecule has 0 amide bonds. The van der Waals surface area contributed by atoms with Crippen LogP contribution >= 0.6 is 11.3 Å². The fraction of sp³-hybridized carbons (Fsp3) is 0.667. The minimum atomic E-state index is 0.600. The van der Waals surface area contributed by atoms with Crippen molar-refractivity contribution in [2.45, 2.75) is 38.3 Å². The summed E-state index contributed by atoms with van der Waals surface area (Å²) in [6.45, 7) is 4.63. The highest BCUT2D eigenvalue weighted by atomic mass is 32.1. The Hall–Kier alpha value is -0.380. The van der Waals surface area contributed by atoms with Crippen LogP contribution in [0, 0.1) is 0 Å². The Kier molecular flexibility index (Phi) is 4.18. The van der Waals surface area contributed by atoms with Crippen molar-refractivity contribution in [2.75, 3.05) is 13.1 Å². The van der Waals surface area contributed by atoms with Gasteiger partial charge in [-0.15, -0.1) is 0 Å². The average Bonchev–Trinajstić information content (AvgIpc) is 2.71. The molecule has 1 aromatic rings. The molecule has 0 spiro atoms. The van der Waals surface area contributed by atoms with Gasteiger partial charge in [-0.3, -0.25) is 0 Å². The topological polar surface area (TPSA) is 24.1 Å². The van der Waals surface area contributed by atoms with Gasteiger partial charge in [-0.05, 0) is 61.7 Å². The molecule has 2 heterocycles. The summed E-state index contributed by atoms with van der Waals surface area (Å²) < 4.78 is 0. The van der Waals surface area contributed by atoms with Gasteiger partial charge in [-0.2, -0.15) is 11.3 Å². The van der Waals surface area contributed by atoms with Gasteiger partial charge in [0.2, 0.25) is 0 Å². The molecule has 0 saturated carbocycles. The highest BCUT2D eigenvalue weighted by molar-refractivity contribution is 7.07. The minimum Gasteiger partial charge on any atom is -0.317 e. The Balaban J connectivity index is 1.74. The molecule has 84 valence electrons. The minimum absolute atomic E-state index is 0.600. The normalized spacial score (nSPS) is 20.3. The lowest BCUT2D eigenvalue weighted by molar-refractivity contribution is 0.355. The van der Waals surface area contributed by atoms with E-state index >= 15 is 0 Å². The summed E-state index contributed by atoms with van der Waals surface area (Å²) in [5.41, 5.74) is 1.47. The van der Waals surface area contributed by atoms with E-state index < -0.39 is 0 Å². The predicted molar refractivity (Wildman–Crippen MR) is 66.5 cm³/mol. The van der Waals surface area contributed by atoms with Crippen molar-refractivity contribution in [1.82, 2.24) is 10.6 Å². The van der Waals surface area contributed by atoms with Crippen LogP contribution in [0.5, 0.6) is 0 Å². The summed E-state index contributed by atoms with van der Waals surface area (Å²) in [6, 6.07) is 3.55. The standard InChI is InChI=1S/C12H20N2S/c1-10(8-11-4-7-15-9-11)14-12-2-5-13-6-3-12/h4,7,9-10,12-14H,2-3,5-6,8H2,1H3. The van der Waals surface area contributed by atoms with Crippen molar-refractivity contribution in [3.63, 3.8) is 0 Å². The fourth-order valence-corrected chi connectivity index (χ4v) is 2.89. The van der Waals surface area contributed by atoms with Crippen molar-refractivity contribution in [3.8, 4) is 0 Å². The predicted octanol–water partition coefficient (Wildman–Crippen LogP) is 2.02. The van der Waals surface area contributed by atoms with Crippen molar-refractivity contribution in [1.29, 1.82) is 0 Å². The quantitative estimate of drug-likeness (QED) is 0.817. The molecular formula is C12H20N2S. The first-order chi connectivity index (χ1) is 7.34. The van der Waals surface area contributed by atoms with Gasteiger partial charge in [0.05, 0.1) is 0 Å². The molecule has 3 heteroatoms. The maximum absolute atomic E-state index is 3.72. The largest absolute Gasteiger partial charge is 0.317 e. The van der Waals surface area contributed by atoms with E-state index in [4.69, 9.17) is 0 Å². The Morgan fingerprint density at radius 3 is 3.00 bits per heavy atom. The third-order valence-corrected chi connectivity index (χ3v) is 3.71. The summed E-state index contributed by atoms with van der Waals surface area (Å²) >= 11 is 1.79. The summed E-state index contributed by atoms with van der Waals surface area (Å²) in [5.74, 6) is 0. The Morgan fingerprint density at radius 2 is 2.33 bits per heavy atom. The average molecular weight is 224 g/mol. The Labute approximate surface area is 96.1 Å². The summed E-state index contributed by atoms with van der Waals surface area (Å²) in [5, 5.41) is 11.5. The number of hydrogen-bond donors (Lipinski definition) is 2. The molecule has 2 N–H and O–H groups in total. The summed E-state index contributed by atoms with van der Waals surface area (Å²) in [6.07, 6.45) is 3.70. The fourth-order valence-electron chi connectivity index (χ4n) is 2.21. The van der Waals surface area contributed by atoms with E-state index in [9.17, 15) is 0 Å². The number of hydrogen-bond acceptors (Lipinski definition) is 3. The van der Waals surface area contributed by atoms with E-state index in [0.717, 1.165) is 12.5 Å². The molecule has 2 nitrogen and oxygen atoms in total. The van der Waals surface area contributed by atoms with Crippen molar-refractivity contribution in [3.05, 3.63) is 22.4 Å². The molecule has 0 radical (unpaired) electrons. The van der Waals surface area contributed by atoms with Crippen LogP contribution in [-0.2, 0) is 6.42 Å². The van der Waals surface area contributed by atoms with Crippen LogP contribution < -0.4 is 10.6 Å². The maximum Gasteiger partial charge on any atom is 0.00938 e. The molecule has 1 fully saturated rings. The first-order valence-electron chi connectivity index (χ1n) is 5.82. The van der Waals surface area contributed by atoms with E-state index in [1.807, 2.05) is 0 Å². The molecule has 1 aliphatic rings. The highest BCUT2D eigenvalue weighted by Gasteiger charge is 2.15. The highest BCUT2D eigenvalue weighted by Crippen LogP contribution is 2.10. The lowest BCUT2D eigenvalue weighted by Gasteiger charge is -2.27. The van der Waals surface area contributed by atoms with Crippen molar-refractivity contribution in [2.24, 2.45) is 0 Å². The molecule has 15 heavy (non-hydrogen) atoms. The van der Waals surface area contributed by atoms with Crippen LogP contribution in [0.25, 0.3) is 0 Å². The van der Waals surface area contributed by atoms with E-state index in [0.29, 0.717) is 6.04 Å². The van der Waals surface area contributed by atoms with Crippen LogP contribution in [-0.4, -0.2) is 25.2 Å². The van der Waals surface area contributed by atoms with Crippen molar-refractivity contribution >= 4 is 11.3 Å². The van der Waals surface area contributed by atoms with Gasteiger partial charge in [0.15, 0.2) is 0 Å². The molecule has 1 saturated heterocycles. The molecule has 0 bridgehead atoms. The van der Waals surface area contributed by atoms with Gasteiger partial charge in [-0.1, -0.05) is 0 Å². The number of rotatable bonds is 4.